The van der Waals surface area contributed by atoms with Crippen LogP contribution in [0, 0.1) is 0 Å². The Labute approximate surface area is 164 Å². The molecule has 26 heavy (non-hydrogen) atoms. The lowest BCUT2D eigenvalue weighted by Crippen LogP contribution is -2.18. The second-order valence-electron chi connectivity index (χ2n) is 5.26. The molecular weight excluding hydrogens is 392 g/mol. The van der Waals surface area contributed by atoms with Gasteiger partial charge in [0.25, 0.3) is 0 Å². The van der Waals surface area contributed by atoms with Crippen LogP contribution in [-0.2, 0) is 4.74 Å². The number of halogens is 1. The normalized spacial score (nSPS) is 10.4. The number of nitrogens with one attached hydrogen (secondary N) is 2. The Morgan fingerprint density at radius 3 is 2.54 bits per heavy atom. The molecule has 3 aromatic rings. The minimum absolute atomic E-state index is 0.387. The second-order valence-corrected chi connectivity index (χ2v) is 7.10. The zero-order valence-corrected chi connectivity index (χ0v) is 16.3. The molecule has 0 saturated heterocycles. The van der Waals surface area contributed by atoms with E-state index in [4.69, 9.17) is 33.3 Å². The van der Waals surface area contributed by atoms with Gasteiger partial charge in [-0.15, -0.1) is 11.3 Å². The number of anilines is 2. The predicted octanol–water partition coefficient (Wildman–Crippen LogP) is 5.16. The molecule has 0 saturated carbocycles. The number of benzene rings is 2. The number of hydrogen-bond acceptors (Lipinski definition) is 5. The van der Waals surface area contributed by atoms with Gasteiger partial charge < -0.3 is 20.1 Å². The Bertz CT molecular complexity index is 988. The minimum atomic E-state index is -0.444. The van der Waals surface area contributed by atoms with Crippen LogP contribution in [0.4, 0.5) is 11.4 Å². The first kappa shape index (κ1) is 18.4. The van der Waals surface area contributed by atoms with Crippen LogP contribution in [0.5, 0.6) is 5.75 Å². The number of methoxy groups -OCH3 is 2. The molecule has 5 nitrogen and oxygen atoms in total. The first-order chi connectivity index (χ1) is 12.5. The summed E-state index contributed by atoms with van der Waals surface area (Å²) in [5, 5.41) is 7.86. The van der Waals surface area contributed by atoms with Crippen LogP contribution in [0.15, 0.2) is 42.5 Å². The number of ether oxygens (including phenoxy) is 2. The van der Waals surface area contributed by atoms with Crippen molar-refractivity contribution in [3.05, 3.63) is 52.4 Å². The van der Waals surface area contributed by atoms with Gasteiger partial charge in [-0.3, -0.25) is 0 Å². The summed E-state index contributed by atoms with van der Waals surface area (Å²) >= 11 is 12.9. The maximum absolute atomic E-state index is 11.8. The van der Waals surface area contributed by atoms with E-state index >= 15 is 0 Å². The van der Waals surface area contributed by atoms with Crippen molar-refractivity contribution in [1.29, 1.82) is 0 Å². The fourth-order valence-electron chi connectivity index (χ4n) is 2.36. The highest BCUT2D eigenvalue weighted by atomic mass is 35.5. The van der Waals surface area contributed by atoms with Crippen LogP contribution >= 0.6 is 35.2 Å². The monoisotopic (exact) mass is 406 g/mol. The van der Waals surface area contributed by atoms with Crippen LogP contribution in [0.1, 0.15) is 9.67 Å². The lowest BCUT2D eigenvalue weighted by atomic mass is 10.2. The lowest BCUT2D eigenvalue weighted by molar-refractivity contribution is 0.0606. The van der Waals surface area contributed by atoms with Crippen LogP contribution in [0.25, 0.3) is 10.1 Å². The molecule has 134 valence electrons. The molecule has 0 bridgehead atoms. The summed E-state index contributed by atoms with van der Waals surface area (Å²) in [6, 6.07) is 13.0. The quantitative estimate of drug-likeness (QED) is 0.461. The summed E-state index contributed by atoms with van der Waals surface area (Å²) in [6.45, 7) is 0. The van der Waals surface area contributed by atoms with E-state index in [9.17, 15) is 4.79 Å². The summed E-state index contributed by atoms with van der Waals surface area (Å²) < 4.78 is 10.8. The standard InChI is InChI=1S/C18H15ClN2O3S2/c1-23-12-5-3-4-10(8-12)20-18(25)21-11-6-7-13-14(9-11)26-16(15(13)19)17(22)24-2/h3-9H,1-2H3,(H2,20,21,25). The molecule has 8 heteroatoms. The van der Waals surface area contributed by atoms with Gasteiger partial charge in [0.2, 0.25) is 0 Å². The Morgan fingerprint density at radius 2 is 1.85 bits per heavy atom. The third kappa shape index (κ3) is 3.90. The van der Waals surface area contributed by atoms with Gasteiger partial charge in [0, 0.05) is 27.5 Å². The van der Waals surface area contributed by atoms with Crippen molar-refractivity contribution in [3.8, 4) is 5.75 Å². The first-order valence-electron chi connectivity index (χ1n) is 7.54. The number of thiophene rings is 1. The van der Waals surface area contributed by atoms with Gasteiger partial charge in [0.1, 0.15) is 10.6 Å². The minimum Gasteiger partial charge on any atom is -0.497 e. The molecule has 2 aromatic carbocycles. The number of rotatable bonds is 4. The van der Waals surface area contributed by atoms with Crippen LogP contribution in [0.2, 0.25) is 5.02 Å². The Balaban J connectivity index is 1.78. The Hall–Kier alpha value is -2.35. The summed E-state index contributed by atoms with van der Waals surface area (Å²) in [6.07, 6.45) is 0. The van der Waals surface area contributed by atoms with Crippen LogP contribution in [-0.4, -0.2) is 25.3 Å². The molecule has 3 rings (SSSR count). The highest BCUT2D eigenvalue weighted by molar-refractivity contribution is 7.80. The van der Waals surface area contributed by atoms with Gasteiger partial charge in [0.15, 0.2) is 5.11 Å². The topological polar surface area (TPSA) is 59.6 Å². The summed E-state index contributed by atoms with van der Waals surface area (Å²) in [5.41, 5.74) is 1.60. The predicted molar refractivity (Wildman–Crippen MR) is 111 cm³/mol. The first-order valence-corrected chi connectivity index (χ1v) is 9.14. The maximum Gasteiger partial charge on any atom is 0.349 e. The van der Waals surface area contributed by atoms with Gasteiger partial charge in [0.05, 0.1) is 19.2 Å². The van der Waals surface area contributed by atoms with Crippen LogP contribution < -0.4 is 15.4 Å². The van der Waals surface area contributed by atoms with Crippen molar-refractivity contribution in [2.75, 3.05) is 24.9 Å². The van der Waals surface area contributed by atoms with E-state index in [1.54, 1.807) is 7.11 Å². The number of esters is 1. The number of carbonyl (C=O) groups is 1. The molecule has 1 heterocycles. The lowest BCUT2D eigenvalue weighted by Gasteiger charge is -2.11. The Morgan fingerprint density at radius 1 is 1.12 bits per heavy atom. The number of thiocarbonyl (C=S) groups is 1. The fourth-order valence-corrected chi connectivity index (χ4v) is 4.06. The van der Waals surface area contributed by atoms with Crippen molar-refractivity contribution in [2.24, 2.45) is 0 Å². The van der Waals surface area contributed by atoms with Crippen molar-refractivity contribution in [1.82, 2.24) is 0 Å². The van der Waals surface area contributed by atoms with Crippen molar-refractivity contribution in [3.63, 3.8) is 0 Å². The number of carbonyl (C=O) groups excluding carboxylic acids is 1. The van der Waals surface area contributed by atoms with E-state index in [-0.39, 0.29) is 0 Å². The summed E-state index contributed by atoms with van der Waals surface area (Å²) in [4.78, 5) is 12.2. The van der Waals surface area contributed by atoms with Gasteiger partial charge in [-0.05, 0) is 42.5 Å². The highest BCUT2D eigenvalue weighted by Crippen LogP contribution is 2.37. The SMILES string of the molecule is COC(=O)c1sc2cc(NC(=S)Nc3cccc(OC)c3)ccc2c1Cl. The number of fused-ring (bicyclic) bond motifs is 1. The third-order valence-corrected chi connectivity index (χ3v) is 5.43. The average Bonchev–Trinajstić information content (AvgIpc) is 2.97. The van der Waals surface area contributed by atoms with E-state index in [1.165, 1.54) is 18.4 Å². The van der Waals surface area contributed by atoms with Crippen molar-refractivity contribution < 1.29 is 14.3 Å². The van der Waals surface area contributed by atoms with Gasteiger partial charge in [-0.25, -0.2) is 4.79 Å². The largest absolute Gasteiger partial charge is 0.497 e. The molecule has 0 radical (unpaired) electrons. The molecule has 0 amide bonds. The second kappa shape index (κ2) is 7.90. The van der Waals surface area contributed by atoms with E-state index < -0.39 is 5.97 Å². The molecule has 1 aromatic heterocycles. The smallest absolute Gasteiger partial charge is 0.349 e. The summed E-state index contributed by atoms with van der Waals surface area (Å²) in [5.74, 6) is 0.295. The molecule has 0 aliphatic carbocycles. The third-order valence-electron chi connectivity index (χ3n) is 3.59. The highest BCUT2D eigenvalue weighted by Gasteiger charge is 2.17. The molecule has 0 unspecified atom stereocenters. The summed E-state index contributed by atoms with van der Waals surface area (Å²) in [7, 11) is 2.94. The van der Waals surface area contributed by atoms with Gasteiger partial charge in [-0.2, -0.15) is 0 Å². The van der Waals surface area contributed by atoms with E-state index in [0.717, 1.165) is 27.2 Å². The molecule has 0 spiro atoms. The van der Waals surface area contributed by atoms with Crippen molar-refractivity contribution >= 4 is 67.7 Å². The molecule has 0 aliphatic rings. The zero-order chi connectivity index (χ0) is 18.7. The van der Waals surface area contributed by atoms with Crippen LogP contribution in [0.3, 0.4) is 0 Å². The fraction of sp³-hybridized carbons (Fsp3) is 0.111. The zero-order valence-electron chi connectivity index (χ0n) is 14.0. The molecule has 0 atom stereocenters. The van der Waals surface area contributed by atoms with Crippen molar-refractivity contribution in [2.45, 2.75) is 0 Å². The molecule has 0 fully saturated rings. The van der Waals surface area contributed by atoms with E-state index in [0.29, 0.717) is 15.0 Å². The number of hydrogen-bond donors (Lipinski definition) is 2. The van der Waals surface area contributed by atoms with Gasteiger partial charge in [-0.1, -0.05) is 17.7 Å². The van der Waals surface area contributed by atoms with E-state index in [1.807, 2.05) is 42.5 Å². The molecule has 0 aliphatic heterocycles. The maximum atomic E-state index is 11.8. The molecular formula is C18H15ClN2O3S2. The molecule has 2 N–H and O–H groups in total. The Kier molecular flexibility index (Phi) is 5.61. The van der Waals surface area contributed by atoms with Gasteiger partial charge >= 0.3 is 5.97 Å². The average molecular weight is 407 g/mol. The van der Waals surface area contributed by atoms with E-state index in [2.05, 4.69) is 10.6 Å².